The Kier molecular flexibility index (Phi) is 5.20. The van der Waals surface area contributed by atoms with Gasteiger partial charge in [-0.1, -0.05) is 41.6 Å². The minimum absolute atomic E-state index is 0.200. The van der Waals surface area contributed by atoms with Crippen molar-refractivity contribution >= 4 is 39.9 Å². The monoisotopic (exact) mass is 399 g/mol. The largest absolute Gasteiger partial charge is 0.491 e. The first-order chi connectivity index (χ1) is 13.1. The second-order valence-electron chi connectivity index (χ2n) is 6.25. The van der Waals surface area contributed by atoms with E-state index < -0.39 is 6.10 Å². The maximum Gasteiger partial charge on any atom is 0.196 e. The molecule has 1 atom stereocenters. The smallest absolute Gasteiger partial charge is 0.196 e. The molecule has 0 saturated heterocycles. The number of fused-ring (bicyclic) bond motifs is 3. The number of pyridine rings is 1. The lowest BCUT2D eigenvalue weighted by Crippen LogP contribution is -2.20. The van der Waals surface area contributed by atoms with Crippen LogP contribution in [0.3, 0.4) is 0 Å². The molecule has 0 saturated carbocycles. The number of nitrogens with zero attached hydrogens (tertiary/aromatic N) is 3. The molecule has 138 valence electrons. The number of ether oxygens (including phenoxy) is 1. The van der Waals surface area contributed by atoms with Crippen LogP contribution in [0.15, 0.2) is 59.8 Å². The Morgan fingerprint density at radius 3 is 2.74 bits per heavy atom. The maximum absolute atomic E-state index is 10.3. The molecule has 4 aromatic rings. The van der Waals surface area contributed by atoms with Crippen molar-refractivity contribution in [1.29, 1.82) is 0 Å². The average Bonchev–Trinajstić information content (AvgIpc) is 3.09. The number of hydrogen-bond acceptors (Lipinski definition) is 5. The van der Waals surface area contributed by atoms with Crippen LogP contribution in [0.1, 0.15) is 5.56 Å². The van der Waals surface area contributed by atoms with Gasteiger partial charge in [-0.3, -0.25) is 4.40 Å². The van der Waals surface area contributed by atoms with E-state index in [2.05, 4.69) is 29.3 Å². The molecule has 2 aromatic carbocycles. The first-order valence-corrected chi connectivity index (χ1v) is 9.91. The van der Waals surface area contributed by atoms with Crippen LogP contribution in [0.5, 0.6) is 5.75 Å². The summed E-state index contributed by atoms with van der Waals surface area (Å²) in [6.07, 6.45) is -0.630. The van der Waals surface area contributed by atoms with Crippen LogP contribution in [0.2, 0.25) is 5.02 Å². The predicted molar refractivity (Wildman–Crippen MR) is 109 cm³/mol. The number of aliphatic hydroxyl groups is 1. The van der Waals surface area contributed by atoms with Crippen LogP contribution in [-0.4, -0.2) is 38.2 Å². The van der Waals surface area contributed by atoms with Crippen molar-refractivity contribution in [1.82, 2.24) is 14.6 Å². The van der Waals surface area contributed by atoms with Crippen molar-refractivity contribution in [3.63, 3.8) is 0 Å². The van der Waals surface area contributed by atoms with E-state index in [-0.39, 0.29) is 6.61 Å². The van der Waals surface area contributed by atoms with Crippen LogP contribution in [-0.2, 0) is 0 Å². The normalized spacial score (nSPS) is 12.6. The van der Waals surface area contributed by atoms with Gasteiger partial charge < -0.3 is 9.84 Å². The average molecular weight is 400 g/mol. The molecule has 7 heteroatoms. The zero-order valence-corrected chi connectivity index (χ0v) is 16.2. The van der Waals surface area contributed by atoms with Crippen molar-refractivity contribution in [2.75, 3.05) is 12.4 Å². The van der Waals surface area contributed by atoms with E-state index in [1.165, 1.54) is 22.7 Å². The van der Waals surface area contributed by atoms with Crippen LogP contribution < -0.4 is 4.74 Å². The fourth-order valence-corrected chi connectivity index (χ4v) is 3.89. The van der Waals surface area contributed by atoms with Crippen LogP contribution in [0, 0.1) is 6.92 Å². The SMILES string of the molecule is Cc1cc2nnc(SCC(O)COc3ccc(Cl)cc3)n2c2ccccc12. The topological polar surface area (TPSA) is 59.7 Å². The summed E-state index contributed by atoms with van der Waals surface area (Å²) >= 11 is 7.32. The molecule has 0 radical (unpaired) electrons. The second kappa shape index (κ2) is 7.76. The zero-order valence-electron chi connectivity index (χ0n) is 14.7. The Morgan fingerprint density at radius 1 is 1.15 bits per heavy atom. The quantitative estimate of drug-likeness (QED) is 0.487. The molecule has 2 aromatic heterocycles. The molecule has 0 aliphatic carbocycles. The van der Waals surface area contributed by atoms with E-state index >= 15 is 0 Å². The van der Waals surface area contributed by atoms with Gasteiger partial charge in [0.05, 0.1) is 11.6 Å². The number of aromatic nitrogens is 3. The lowest BCUT2D eigenvalue weighted by molar-refractivity contribution is 0.126. The molecule has 5 nitrogen and oxygen atoms in total. The summed E-state index contributed by atoms with van der Waals surface area (Å²) in [5, 5.41) is 21.4. The third-order valence-corrected chi connectivity index (χ3v) is 5.56. The van der Waals surface area contributed by atoms with E-state index in [1.807, 2.05) is 22.6 Å². The summed E-state index contributed by atoms with van der Waals surface area (Å²) in [4.78, 5) is 0. The summed E-state index contributed by atoms with van der Waals surface area (Å²) in [6, 6.07) is 17.3. The van der Waals surface area contributed by atoms with E-state index in [4.69, 9.17) is 16.3 Å². The predicted octanol–water partition coefficient (Wildman–Crippen LogP) is 4.38. The van der Waals surface area contributed by atoms with Gasteiger partial charge in [0.25, 0.3) is 0 Å². The number of hydrogen-bond donors (Lipinski definition) is 1. The second-order valence-corrected chi connectivity index (χ2v) is 7.67. The number of halogens is 1. The van der Waals surface area contributed by atoms with E-state index in [1.54, 1.807) is 24.3 Å². The van der Waals surface area contributed by atoms with Crippen molar-refractivity contribution in [2.24, 2.45) is 0 Å². The van der Waals surface area contributed by atoms with Gasteiger partial charge in [-0.25, -0.2) is 0 Å². The van der Waals surface area contributed by atoms with Gasteiger partial charge in [0.15, 0.2) is 10.8 Å². The molecule has 2 heterocycles. The highest BCUT2D eigenvalue weighted by Gasteiger charge is 2.14. The zero-order chi connectivity index (χ0) is 18.8. The maximum atomic E-state index is 10.3. The molecule has 0 amide bonds. The van der Waals surface area contributed by atoms with Gasteiger partial charge in [0, 0.05) is 16.2 Å². The first-order valence-electron chi connectivity index (χ1n) is 8.54. The number of aliphatic hydroxyl groups excluding tert-OH is 1. The Bertz CT molecular complexity index is 1080. The van der Waals surface area contributed by atoms with E-state index in [0.29, 0.717) is 16.5 Å². The summed E-state index contributed by atoms with van der Waals surface area (Å²) in [5.74, 6) is 1.13. The first kappa shape index (κ1) is 18.1. The lowest BCUT2D eigenvalue weighted by atomic mass is 10.1. The summed E-state index contributed by atoms with van der Waals surface area (Å²) < 4.78 is 7.63. The lowest BCUT2D eigenvalue weighted by Gasteiger charge is -2.12. The molecule has 4 rings (SSSR count). The molecule has 0 fully saturated rings. The molecule has 27 heavy (non-hydrogen) atoms. The van der Waals surface area contributed by atoms with Gasteiger partial charge in [0.1, 0.15) is 12.4 Å². The minimum Gasteiger partial charge on any atom is -0.491 e. The number of aryl methyl sites for hydroxylation is 1. The van der Waals surface area contributed by atoms with Crippen LogP contribution in [0.25, 0.3) is 16.6 Å². The summed E-state index contributed by atoms with van der Waals surface area (Å²) in [6.45, 7) is 2.27. The van der Waals surface area contributed by atoms with Gasteiger partial charge in [-0.05, 0) is 48.9 Å². The number of benzene rings is 2. The molecule has 1 N–H and O–H groups in total. The summed E-state index contributed by atoms with van der Waals surface area (Å²) in [7, 11) is 0. The summed E-state index contributed by atoms with van der Waals surface area (Å²) in [5.41, 5.74) is 3.03. The number of para-hydroxylation sites is 1. The van der Waals surface area contributed by atoms with Crippen LogP contribution >= 0.6 is 23.4 Å². The highest BCUT2D eigenvalue weighted by molar-refractivity contribution is 7.99. The van der Waals surface area contributed by atoms with Crippen LogP contribution in [0.4, 0.5) is 0 Å². The number of rotatable bonds is 6. The van der Waals surface area contributed by atoms with Crippen molar-refractivity contribution in [2.45, 2.75) is 18.2 Å². The minimum atomic E-state index is -0.630. The fourth-order valence-electron chi connectivity index (χ4n) is 2.91. The van der Waals surface area contributed by atoms with Gasteiger partial charge in [-0.15, -0.1) is 10.2 Å². The van der Waals surface area contributed by atoms with E-state index in [9.17, 15) is 5.11 Å². The molecule has 0 aliphatic rings. The van der Waals surface area contributed by atoms with Gasteiger partial charge in [0.2, 0.25) is 0 Å². The Balaban J connectivity index is 1.47. The Morgan fingerprint density at radius 2 is 1.93 bits per heavy atom. The van der Waals surface area contributed by atoms with Crippen molar-refractivity contribution < 1.29 is 9.84 Å². The molecule has 0 spiro atoms. The fraction of sp³-hybridized carbons (Fsp3) is 0.200. The van der Waals surface area contributed by atoms with Gasteiger partial charge >= 0.3 is 0 Å². The molecule has 0 bridgehead atoms. The highest BCUT2D eigenvalue weighted by atomic mass is 35.5. The molecule has 0 aliphatic heterocycles. The number of thioether (sulfide) groups is 1. The Hall–Kier alpha value is -2.28. The third kappa shape index (κ3) is 3.88. The third-order valence-electron chi connectivity index (χ3n) is 4.23. The highest BCUT2D eigenvalue weighted by Crippen LogP contribution is 2.26. The van der Waals surface area contributed by atoms with E-state index in [0.717, 1.165) is 16.3 Å². The molecule has 1 unspecified atom stereocenters. The molecular formula is C20H18ClN3O2S. The Labute approximate surface area is 165 Å². The van der Waals surface area contributed by atoms with Crippen molar-refractivity contribution in [3.8, 4) is 5.75 Å². The van der Waals surface area contributed by atoms with Crippen molar-refractivity contribution in [3.05, 3.63) is 65.2 Å². The molecular weight excluding hydrogens is 382 g/mol. The van der Waals surface area contributed by atoms with Gasteiger partial charge in [-0.2, -0.15) is 0 Å². The standard InChI is InChI=1S/C20H18ClN3O2S/c1-13-10-19-22-23-20(24(19)18-5-3-2-4-17(13)18)27-12-15(25)11-26-16-8-6-14(21)7-9-16/h2-10,15,25H,11-12H2,1H3.